The van der Waals surface area contributed by atoms with Crippen molar-refractivity contribution in [3.05, 3.63) is 29.8 Å². The van der Waals surface area contributed by atoms with E-state index >= 15 is 0 Å². The zero-order valence-corrected chi connectivity index (χ0v) is 8.45. The Morgan fingerprint density at radius 3 is 2.36 bits per heavy atom. The van der Waals surface area contributed by atoms with Crippen LogP contribution in [-0.2, 0) is 0 Å². The summed E-state index contributed by atoms with van der Waals surface area (Å²) in [5.41, 5.74) is 1.28. The number of benzene rings is 1. The summed E-state index contributed by atoms with van der Waals surface area (Å²) in [5.74, 6) is -0.311. The maximum absolute atomic E-state index is 10.6. The molecule has 76 valence electrons. The van der Waals surface area contributed by atoms with Gasteiger partial charge < -0.3 is 10.4 Å². The molecule has 3 nitrogen and oxygen atoms in total. The number of carboxylic acids is 1. The smallest absolute Gasteiger partial charge is 0.335 e. The molecule has 0 aromatic heterocycles. The van der Waals surface area contributed by atoms with Gasteiger partial charge in [0.25, 0.3) is 0 Å². The van der Waals surface area contributed by atoms with E-state index in [0.29, 0.717) is 11.5 Å². The molecule has 0 bridgehead atoms. The Balaban J connectivity index is 2.60. The topological polar surface area (TPSA) is 49.3 Å². The molecule has 0 aliphatic heterocycles. The third-order valence-electron chi connectivity index (χ3n) is 1.85. The summed E-state index contributed by atoms with van der Waals surface area (Å²) in [6, 6.07) is 6.77. The van der Waals surface area contributed by atoms with Gasteiger partial charge in [-0.25, -0.2) is 4.79 Å². The first-order valence-electron chi connectivity index (χ1n) is 4.67. The number of nitrogens with one attached hydrogen (secondary N) is 1. The first-order valence-corrected chi connectivity index (χ1v) is 4.67. The molecule has 0 aliphatic carbocycles. The first-order chi connectivity index (χ1) is 6.59. The minimum atomic E-state index is -0.889. The summed E-state index contributed by atoms with van der Waals surface area (Å²) >= 11 is 0. The molecular formula is C11H15NO2. The molecule has 0 aliphatic rings. The van der Waals surface area contributed by atoms with Crippen LogP contribution in [0.2, 0.25) is 0 Å². The molecule has 3 heteroatoms. The van der Waals surface area contributed by atoms with Crippen molar-refractivity contribution in [3.8, 4) is 0 Å². The molecule has 0 unspecified atom stereocenters. The van der Waals surface area contributed by atoms with Crippen LogP contribution in [0.15, 0.2) is 24.3 Å². The number of carboxylic acid groups (broad SMARTS) is 1. The summed E-state index contributed by atoms with van der Waals surface area (Å²) in [4.78, 5) is 10.6. The van der Waals surface area contributed by atoms with E-state index in [-0.39, 0.29) is 0 Å². The van der Waals surface area contributed by atoms with Gasteiger partial charge in [0.1, 0.15) is 0 Å². The van der Waals surface area contributed by atoms with Crippen molar-refractivity contribution in [2.24, 2.45) is 5.92 Å². The molecular weight excluding hydrogens is 178 g/mol. The second-order valence-electron chi connectivity index (χ2n) is 3.66. The minimum absolute atomic E-state index is 0.320. The number of anilines is 1. The van der Waals surface area contributed by atoms with Crippen LogP contribution in [0.25, 0.3) is 0 Å². The SMILES string of the molecule is CC(C)CNc1ccc(C(=O)O)cc1. The highest BCUT2D eigenvalue weighted by Crippen LogP contribution is 2.09. The van der Waals surface area contributed by atoms with Gasteiger partial charge in [0.05, 0.1) is 5.56 Å². The lowest BCUT2D eigenvalue weighted by Crippen LogP contribution is -2.07. The van der Waals surface area contributed by atoms with Gasteiger partial charge in [0.2, 0.25) is 0 Å². The summed E-state index contributed by atoms with van der Waals surface area (Å²) in [6.07, 6.45) is 0. The van der Waals surface area contributed by atoms with Crippen molar-refractivity contribution < 1.29 is 9.90 Å². The van der Waals surface area contributed by atoms with E-state index in [1.165, 1.54) is 0 Å². The summed E-state index contributed by atoms with van der Waals surface area (Å²) in [7, 11) is 0. The third-order valence-corrected chi connectivity index (χ3v) is 1.85. The molecule has 0 heterocycles. The molecule has 0 saturated carbocycles. The summed E-state index contributed by atoms with van der Waals surface area (Å²) in [5, 5.41) is 11.9. The highest BCUT2D eigenvalue weighted by atomic mass is 16.4. The van der Waals surface area contributed by atoms with Crippen LogP contribution >= 0.6 is 0 Å². The summed E-state index contributed by atoms with van der Waals surface area (Å²) < 4.78 is 0. The fraction of sp³-hybridized carbons (Fsp3) is 0.364. The quantitative estimate of drug-likeness (QED) is 0.772. The zero-order valence-electron chi connectivity index (χ0n) is 8.45. The average Bonchev–Trinajstić information content (AvgIpc) is 2.15. The molecule has 0 fully saturated rings. The number of carbonyl (C=O) groups is 1. The fourth-order valence-corrected chi connectivity index (χ4v) is 1.05. The Bertz CT molecular complexity index is 304. The molecule has 0 saturated heterocycles. The second kappa shape index (κ2) is 4.65. The van der Waals surface area contributed by atoms with Crippen LogP contribution in [0.5, 0.6) is 0 Å². The van der Waals surface area contributed by atoms with E-state index in [1.54, 1.807) is 24.3 Å². The molecule has 1 aromatic rings. The van der Waals surface area contributed by atoms with Crippen molar-refractivity contribution in [3.63, 3.8) is 0 Å². The molecule has 0 atom stereocenters. The minimum Gasteiger partial charge on any atom is -0.478 e. The Kier molecular flexibility index (Phi) is 3.51. The van der Waals surface area contributed by atoms with E-state index in [0.717, 1.165) is 12.2 Å². The highest BCUT2D eigenvalue weighted by Gasteiger charge is 2.01. The van der Waals surface area contributed by atoms with Crippen LogP contribution in [0.4, 0.5) is 5.69 Å². The van der Waals surface area contributed by atoms with E-state index in [1.807, 2.05) is 0 Å². The standard InChI is InChI=1S/C11H15NO2/c1-8(2)7-12-10-5-3-9(4-6-10)11(13)14/h3-6,8,12H,7H2,1-2H3,(H,13,14). The fourth-order valence-electron chi connectivity index (χ4n) is 1.05. The largest absolute Gasteiger partial charge is 0.478 e. The Morgan fingerprint density at radius 2 is 1.93 bits per heavy atom. The maximum Gasteiger partial charge on any atom is 0.335 e. The first kappa shape index (κ1) is 10.6. The van der Waals surface area contributed by atoms with Gasteiger partial charge in [0.15, 0.2) is 0 Å². The molecule has 14 heavy (non-hydrogen) atoms. The molecule has 0 radical (unpaired) electrons. The van der Waals surface area contributed by atoms with Crippen LogP contribution in [0, 0.1) is 5.92 Å². The molecule has 0 spiro atoms. The van der Waals surface area contributed by atoms with E-state index in [9.17, 15) is 4.79 Å². The van der Waals surface area contributed by atoms with Crippen LogP contribution in [0.1, 0.15) is 24.2 Å². The average molecular weight is 193 g/mol. The molecule has 0 amide bonds. The molecule has 2 N–H and O–H groups in total. The Hall–Kier alpha value is -1.51. The van der Waals surface area contributed by atoms with Gasteiger partial charge in [-0.15, -0.1) is 0 Å². The van der Waals surface area contributed by atoms with Gasteiger partial charge in [0, 0.05) is 12.2 Å². The molecule has 1 aromatic carbocycles. The van der Waals surface area contributed by atoms with E-state index < -0.39 is 5.97 Å². The predicted octanol–water partition coefficient (Wildman–Crippen LogP) is 2.45. The van der Waals surface area contributed by atoms with Gasteiger partial charge in [-0.3, -0.25) is 0 Å². The van der Waals surface area contributed by atoms with Gasteiger partial charge >= 0.3 is 5.97 Å². The number of hydrogen-bond donors (Lipinski definition) is 2. The lowest BCUT2D eigenvalue weighted by atomic mass is 10.2. The number of rotatable bonds is 4. The van der Waals surface area contributed by atoms with Gasteiger partial charge in [-0.05, 0) is 30.2 Å². The van der Waals surface area contributed by atoms with Crippen molar-refractivity contribution in [1.82, 2.24) is 0 Å². The maximum atomic E-state index is 10.6. The lowest BCUT2D eigenvalue weighted by molar-refractivity contribution is 0.0697. The second-order valence-corrected chi connectivity index (χ2v) is 3.66. The van der Waals surface area contributed by atoms with E-state index in [2.05, 4.69) is 19.2 Å². The third kappa shape index (κ3) is 3.09. The van der Waals surface area contributed by atoms with Crippen molar-refractivity contribution in [2.75, 3.05) is 11.9 Å². The Labute approximate surface area is 83.8 Å². The van der Waals surface area contributed by atoms with Crippen molar-refractivity contribution in [2.45, 2.75) is 13.8 Å². The molecule has 1 rings (SSSR count). The normalized spacial score (nSPS) is 10.2. The predicted molar refractivity (Wildman–Crippen MR) is 56.7 cm³/mol. The van der Waals surface area contributed by atoms with Gasteiger partial charge in [-0.2, -0.15) is 0 Å². The zero-order chi connectivity index (χ0) is 10.6. The lowest BCUT2D eigenvalue weighted by Gasteiger charge is -2.08. The monoisotopic (exact) mass is 193 g/mol. The Morgan fingerprint density at radius 1 is 1.36 bits per heavy atom. The van der Waals surface area contributed by atoms with Gasteiger partial charge in [-0.1, -0.05) is 13.8 Å². The van der Waals surface area contributed by atoms with Crippen LogP contribution < -0.4 is 5.32 Å². The van der Waals surface area contributed by atoms with E-state index in [4.69, 9.17) is 5.11 Å². The van der Waals surface area contributed by atoms with Crippen molar-refractivity contribution >= 4 is 11.7 Å². The summed E-state index contributed by atoms with van der Waals surface area (Å²) in [6.45, 7) is 5.14. The number of aromatic carboxylic acids is 1. The highest BCUT2D eigenvalue weighted by molar-refractivity contribution is 5.87. The van der Waals surface area contributed by atoms with Crippen LogP contribution in [-0.4, -0.2) is 17.6 Å². The number of hydrogen-bond acceptors (Lipinski definition) is 2. The van der Waals surface area contributed by atoms with Crippen molar-refractivity contribution in [1.29, 1.82) is 0 Å². The van der Waals surface area contributed by atoms with Crippen LogP contribution in [0.3, 0.4) is 0 Å².